The van der Waals surface area contributed by atoms with Crippen LogP contribution in [-0.4, -0.2) is 36.0 Å². The van der Waals surface area contributed by atoms with Gasteiger partial charge < -0.3 is 16.4 Å². The first kappa shape index (κ1) is 15.7. The van der Waals surface area contributed by atoms with Crippen LogP contribution in [0.3, 0.4) is 0 Å². The highest BCUT2D eigenvalue weighted by Gasteiger charge is 2.21. The molecule has 1 saturated carbocycles. The molecule has 0 unspecified atom stereocenters. The Morgan fingerprint density at radius 1 is 1.53 bits per heavy atom. The summed E-state index contributed by atoms with van der Waals surface area (Å²) in [5.74, 6) is 0.306. The Labute approximate surface area is 129 Å². The summed E-state index contributed by atoms with van der Waals surface area (Å²) in [6.45, 7) is 0.929. The van der Waals surface area contributed by atoms with E-state index in [1.54, 1.807) is 18.3 Å². The van der Waals surface area contributed by atoms with Gasteiger partial charge in [0.2, 0.25) is 0 Å². The van der Waals surface area contributed by atoms with Crippen LogP contribution in [0.4, 0.5) is 0 Å². The highest BCUT2D eigenvalue weighted by atomic mass is 127. The first-order chi connectivity index (χ1) is 8.75. The lowest BCUT2D eigenvalue weighted by Gasteiger charge is -2.04. The second-order valence-corrected chi connectivity index (χ2v) is 4.18. The molecule has 7 heteroatoms. The molecule has 1 aromatic heterocycles. The largest absolute Gasteiger partial charge is 0.370 e. The first-order valence-corrected chi connectivity index (χ1v) is 6.00. The van der Waals surface area contributed by atoms with Gasteiger partial charge in [0, 0.05) is 25.0 Å². The van der Waals surface area contributed by atoms with E-state index in [4.69, 9.17) is 5.73 Å². The van der Waals surface area contributed by atoms with Crippen molar-refractivity contribution in [2.45, 2.75) is 18.9 Å². The number of aromatic nitrogens is 1. The van der Waals surface area contributed by atoms with Crippen LogP contribution < -0.4 is 16.4 Å². The molecule has 1 aliphatic rings. The maximum absolute atomic E-state index is 11.6. The van der Waals surface area contributed by atoms with E-state index in [9.17, 15) is 4.79 Å². The minimum absolute atomic E-state index is 0. The van der Waals surface area contributed by atoms with E-state index >= 15 is 0 Å². The molecule has 1 amide bonds. The Morgan fingerprint density at radius 3 is 2.95 bits per heavy atom. The second kappa shape index (κ2) is 7.93. The number of hydrogen-bond acceptors (Lipinski definition) is 3. The highest BCUT2D eigenvalue weighted by Crippen LogP contribution is 2.17. The van der Waals surface area contributed by atoms with Crippen molar-refractivity contribution in [3.8, 4) is 0 Å². The van der Waals surface area contributed by atoms with Crippen molar-refractivity contribution < 1.29 is 4.79 Å². The van der Waals surface area contributed by atoms with E-state index in [0.717, 1.165) is 12.8 Å². The minimum atomic E-state index is -0.146. The SMILES string of the molecule is I.NC(=NCCNC(=O)c1cccnc1)NC1CC1. The van der Waals surface area contributed by atoms with Crippen LogP contribution >= 0.6 is 24.0 Å². The third kappa shape index (κ3) is 5.86. The molecule has 0 spiro atoms. The summed E-state index contributed by atoms with van der Waals surface area (Å²) in [4.78, 5) is 19.6. The normalized spacial score (nSPS) is 14.4. The topological polar surface area (TPSA) is 92.4 Å². The van der Waals surface area contributed by atoms with Crippen molar-refractivity contribution in [2.75, 3.05) is 13.1 Å². The van der Waals surface area contributed by atoms with E-state index in [-0.39, 0.29) is 29.9 Å². The minimum Gasteiger partial charge on any atom is -0.370 e. The third-order valence-electron chi connectivity index (χ3n) is 2.53. The van der Waals surface area contributed by atoms with Gasteiger partial charge in [0.05, 0.1) is 12.1 Å². The molecule has 1 heterocycles. The number of rotatable bonds is 5. The molecule has 104 valence electrons. The number of hydrogen-bond donors (Lipinski definition) is 3. The summed E-state index contributed by atoms with van der Waals surface area (Å²) < 4.78 is 0. The van der Waals surface area contributed by atoms with Gasteiger partial charge in [0.1, 0.15) is 0 Å². The van der Waals surface area contributed by atoms with E-state index < -0.39 is 0 Å². The van der Waals surface area contributed by atoms with Gasteiger partial charge in [-0.3, -0.25) is 14.8 Å². The van der Waals surface area contributed by atoms with Crippen molar-refractivity contribution in [1.82, 2.24) is 15.6 Å². The summed E-state index contributed by atoms with van der Waals surface area (Å²) in [5.41, 5.74) is 6.21. The molecule has 0 aliphatic heterocycles. The van der Waals surface area contributed by atoms with Gasteiger partial charge in [-0.2, -0.15) is 0 Å². The standard InChI is InChI=1S/C12H17N5O.HI/c13-12(17-10-3-4-10)16-7-6-15-11(18)9-2-1-5-14-8-9;/h1-2,5,8,10H,3-4,6-7H2,(H,15,18)(H3,13,16,17);1H. The van der Waals surface area contributed by atoms with Crippen LogP contribution in [-0.2, 0) is 0 Å². The zero-order valence-electron chi connectivity index (χ0n) is 10.5. The van der Waals surface area contributed by atoms with Crippen molar-refractivity contribution in [1.29, 1.82) is 0 Å². The number of nitrogens with two attached hydrogens (primary N) is 1. The maximum Gasteiger partial charge on any atom is 0.252 e. The van der Waals surface area contributed by atoms with Crippen LogP contribution in [0.5, 0.6) is 0 Å². The summed E-state index contributed by atoms with van der Waals surface area (Å²) >= 11 is 0. The highest BCUT2D eigenvalue weighted by molar-refractivity contribution is 14.0. The molecule has 19 heavy (non-hydrogen) atoms. The van der Waals surface area contributed by atoms with Gasteiger partial charge in [-0.15, -0.1) is 24.0 Å². The summed E-state index contributed by atoms with van der Waals surface area (Å²) in [6, 6.07) is 3.94. The number of amides is 1. The molecule has 0 radical (unpaired) electrons. The fourth-order valence-electron chi connectivity index (χ4n) is 1.43. The van der Waals surface area contributed by atoms with Crippen LogP contribution in [0.1, 0.15) is 23.2 Å². The van der Waals surface area contributed by atoms with E-state index in [2.05, 4.69) is 20.6 Å². The molecule has 0 bridgehead atoms. The van der Waals surface area contributed by atoms with Gasteiger partial charge in [0.25, 0.3) is 5.91 Å². The predicted molar refractivity (Wildman–Crippen MR) is 84.6 cm³/mol. The third-order valence-corrected chi connectivity index (χ3v) is 2.53. The lowest BCUT2D eigenvalue weighted by molar-refractivity contribution is 0.0954. The number of halogens is 1. The number of carbonyl (C=O) groups excluding carboxylic acids is 1. The van der Waals surface area contributed by atoms with Crippen molar-refractivity contribution >= 4 is 35.8 Å². The quantitative estimate of drug-likeness (QED) is 0.302. The molecular formula is C12H18IN5O. The molecule has 0 aromatic carbocycles. The average Bonchev–Trinajstić information content (AvgIpc) is 3.19. The predicted octanol–water partition coefficient (Wildman–Crippen LogP) is 0.496. The zero-order chi connectivity index (χ0) is 12.8. The lowest BCUT2D eigenvalue weighted by Crippen LogP contribution is -2.34. The smallest absolute Gasteiger partial charge is 0.252 e. The first-order valence-electron chi connectivity index (χ1n) is 6.00. The van der Waals surface area contributed by atoms with E-state index in [0.29, 0.717) is 30.7 Å². The van der Waals surface area contributed by atoms with Crippen molar-refractivity contribution in [3.05, 3.63) is 30.1 Å². The van der Waals surface area contributed by atoms with Crippen molar-refractivity contribution in [2.24, 2.45) is 10.7 Å². The Hall–Kier alpha value is -1.38. The Balaban J connectivity index is 0.00000180. The van der Waals surface area contributed by atoms with Crippen molar-refractivity contribution in [3.63, 3.8) is 0 Å². The van der Waals surface area contributed by atoms with Gasteiger partial charge in [-0.1, -0.05) is 0 Å². The van der Waals surface area contributed by atoms with Gasteiger partial charge in [-0.25, -0.2) is 0 Å². The van der Waals surface area contributed by atoms with E-state index in [1.165, 1.54) is 6.20 Å². The molecule has 2 rings (SSSR count). The lowest BCUT2D eigenvalue weighted by atomic mass is 10.3. The van der Waals surface area contributed by atoms with E-state index in [1.807, 2.05) is 0 Å². The molecule has 0 atom stereocenters. The number of aliphatic imine (C=N–C) groups is 1. The zero-order valence-corrected chi connectivity index (χ0v) is 12.8. The monoisotopic (exact) mass is 375 g/mol. The number of pyridine rings is 1. The molecular weight excluding hydrogens is 357 g/mol. The van der Waals surface area contributed by atoms with Gasteiger partial charge in [-0.05, 0) is 25.0 Å². The summed E-state index contributed by atoms with van der Waals surface area (Å²) in [5, 5.41) is 5.83. The molecule has 0 saturated heterocycles. The fourth-order valence-corrected chi connectivity index (χ4v) is 1.43. The summed E-state index contributed by atoms with van der Waals surface area (Å²) in [7, 11) is 0. The van der Waals surface area contributed by atoms with Crippen LogP contribution in [0, 0.1) is 0 Å². The Kier molecular flexibility index (Phi) is 6.54. The number of nitrogens with zero attached hydrogens (tertiary/aromatic N) is 2. The Bertz CT molecular complexity index is 433. The Morgan fingerprint density at radius 2 is 2.32 bits per heavy atom. The van der Waals surface area contributed by atoms with Crippen LogP contribution in [0.25, 0.3) is 0 Å². The average molecular weight is 375 g/mol. The maximum atomic E-state index is 11.6. The second-order valence-electron chi connectivity index (χ2n) is 4.18. The molecule has 1 fully saturated rings. The molecule has 1 aliphatic carbocycles. The van der Waals surface area contributed by atoms with Crippen LogP contribution in [0.15, 0.2) is 29.5 Å². The summed E-state index contributed by atoms with van der Waals surface area (Å²) in [6.07, 6.45) is 5.48. The van der Waals surface area contributed by atoms with Crippen LogP contribution in [0.2, 0.25) is 0 Å². The van der Waals surface area contributed by atoms with Gasteiger partial charge in [0.15, 0.2) is 5.96 Å². The fraction of sp³-hybridized carbons (Fsp3) is 0.417. The molecule has 1 aromatic rings. The number of nitrogens with one attached hydrogen (secondary N) is 2. The molecule has 4 N–H and O–H groups in total. The number of guanidine groups is 1. The molecule has 6 nitrogen and oxygen atoms in total. The van der Waals surface area contributed by atoms with Gasteiger partial charge >= 0.3 is 0 Å². The number of carbonyl (C=O) groups is 1.